The van der Waals surface area contributed by atoms with Crippen LogP contribution in [0.25, 0.3) is 0 Å². The number of hydrogen-bond donors (Lipinski definition) is 2. The van der Waals surface area contributed by atoms with Gasteiger partial charge < -0.3 is 24.6 Å². The van der Waals surface area contributed by atoms with Crippen molar-refractivity contribution < 1.29 is 18.8 Å². The molecule has 0 unspecified atom stereocenters. The Morgan fingerprint density at radius 2 is 2.04 bits per heavy atom. The number of anilines is 1. The Labute approximate surface area is 139 Å². The second-order valence-electron chi connectivity index (χ2n) is 6.22. The zero-order chi connectivity index (χ0) is 16.6. The maximum absolute atomic E-state index is 12.0. The Morgan fingerprint density at radius 1 is 1.25 bits per heavy atom. The van der Waals surface area contributed by atoms with Crippen LogP contribution in [-0.4, -0.2) is 17.0 Å². The molecule has 4 rings (SSSR count). The van der Waals surface area contributed by atoms with E-state index in [1.165, 1.54) is 6.26 Å². The molecule has 0 atom stereocenters. The van der Waals surface area contributed by atoms with Crippen molar-refractivity contribution in [3.63, 3.8) is 0 Å². The Morgan fingerprint density at radius 3 is 2.79 bits per heavy atom. The van der Waals surface area contributed by atoms with Crippen molar-refractivity contribution in [2.75, 3.05) is 5.32 Å². The van der Waals surface area contributed by atoms with Gasteiger partial charge in [-0.15, -0.1) is 0 Å². The second kappa shape index (κ2) is 5.74. The van der Waals surface area contributed by atoms with Crippen molar-refractivity contribution in [3.8, 4) is 11.5 Å². The van der Waals surface area contributed by atoms with Crippen molar-refractivity contribution in [1.82, 2.24) is 10.5 Å². The predicted molar refractivity (Wildman–Crippen MR) is 86.0 cm³/mol. The number of hydrogen-bond acceptors (Lipinski definition) is 5. The Bertz CT molecular complexity index is 765. The summed E-state index contributed by atoms with van der Waals surface area (Å²) >= 11 is 0. The fourth-order valence-corrected chi connectivity index (χ4v) is 3.12. The molecule has 24 heavy (non-hydrogen) atoms. The molecule has 1 fully saturated rings. The average molecular weight is 329 g/mol. The summed E-state index contributed by atoms with van der Waals surface area (Å²) in [4.78, 5) is 12.0. The van der Waals surface area contributed by atoms with E-state index in [1.807, 2.05) is 13.0 Å². The van der Waals surface area contributed by atoms with Crippen LogP contribution in [0.3, 0.4) is 0 Å². The zero-order valence-electron chi connectivity index (χ0n) is 13.4. The van der Waals surface area contributed by atoms with E-state index in [0.717, 1.165) is 42.7 Å². The molecule has 1 aromatic carbocycles. The molecule has 7 heteroatoms. The number of carbonyl (C=O) groups excluding carboxylic acids is 1. The van der Waals surface area contributed by atoms with Gasteiger partial charge in [0.2, 0.25) is 0 Å². The van der Waals surface area contributed by atoms with Crippen molar-refractivity contribution >= 4 is 11.7 Å². The molecule has 126 valence electrons. The van der Waals surface area contributed by atoms with Crippen LogP contribution in [0.5, 0.6) is 11.5 Å². The summed E-state index contributed by atoms with van der Waals surface area (Å²) in [6.45, 7) is 2.18. The van der Waals surface area contributed by atoms with Gasteiger partial charge in [0.25, 0.3) is 5.79 Å². The van der Waals surface area contributed by atoms with Crippen molar-refractivity contribution in [1.29, 1.82) is 0 Å². The lowest BCUT2D eigenvalue weighted by Crippen LogP contribution is -2.34. The van der Waals surface area contributed by atoms with Gasteiger partial charge in [0.1, 0.15) is 6.26 Å². The smallest absolute Gasteiger partial charge is 0.319 e. The molecule has 1 spiro atoms. The van der Waals surface area contributed by atoms with Crippen molar-refractivity contribution in [2.24, 2.45) is 0 Å². The molecule has 0 radical (unpaired) electrons. The Balaban J connectivity index is 1.38. The first kappa shape index (κ1) is 14.9. The van der Waals surface area contributed by atoms with Gasteiger partial charge in [0.05, 0.1) is 5.69 Å². The second-order valence-corrected chi connectivity index (χ2v) is 6.22. The van der Waals surface area contributed by atoms with Gasteiger partial charge in [0, 0.05) is 36.7 Å². The van der Waals surface area contributed by atoms with Crippen LogP contribution in [0, 0.1) is 6.92 Å². The van der Waals surface area contributed by atoms with Crippen molar-refractivity contribution in [2.45, 2.75) is 44.9 Å². The van der Waals surface area contributed by atoms with E-state index < -0.39 is 5.79 Å². The summed E-state index contributed by atoms with van der Waals surface area (Å²) < 4.78 is 16.8. The standard InChI is InChI=1S/C17H19N3O4/c1-11-12(10-22-20-11)9-18-16(21)19-13-4-5-14-15(8-13)24-17(23-14)6-2-3-7-17/h4-5,8,10H,2-3,6-7,9H2,1H3,(H2,18,19,21). The molecular weight excluding hydrogens is 310 g/mol. The molecule has 0 bridgehead atoms. The number of aryl methyl sites for hydroxylation is 1. The molecule has 2 amide bonds. The number of benzene rings is 1. The molecule has 2 N–H and O–H groups in total. The van der Waals surface area contributed by atoms with Crippen LogP contribution in [0.1, 0.15) is 36.9 Å². The van der Waals surface area contributed by atoms with Gasteiger partial charge in [-0.25, -0.2) is 4.79 Å². The quantitative estimate of drug-likeness (QED) is 0.902. The van der Waals surface area contributed by atoms with Gasteiger partial charge in [-0.3, -0.25) is 0 Å². The average Bonchev–Trinajstić information content (AvgIpc) is 3.26. The van der Waals surface area contributed by atoms with Gasteiger partial charge >= 0.3 is 6.03 Å². The minimum absolute atomic E-state index is 0.301. The number of rotatable bonds is 3. The first-order valence-electron chi connectivity index (χ1n) is 8.10. The largest absolute Gasteiger partial charge is 0.448 e. The van der Waals surface area contributed by atoms with E-state index in [2.05, 4.69) is 15.8 Å². The van der Waals surface area contributed by atoms with Gasteiger partial charge in [0.15, 0.2) is 11.5 Å². The summed E-state index contributed by atoms with van der Waals surface area (Å²) in [5.74, 6) is 0.933. The highest BCUT2D eigenvalue weighted by Gasteiger charge is 2.44. The van der Waals surface area contributed by atoms with Crippen LogP contribution >= 0.6 is 0 Å². The third-order valence-corrected chi connectivity index (χ3v) is 4.45. The van der Waals surface area contributed by atoms with E-state index in [-0.39, 0.29) is 6.03 Å². The summed E-state index contributed by atoms with van der Waals surface area (Å²) in [6, 6.07) is 5.14. The summed E-state index contributed by atoms with van der Waals surface area (Å²) in [5, 5.41) is 9.34. The maximum atomic E-state index is 12.0. The number of ether oxygens (including phenoxy) is 2. The number of urea groups is 1. The highest BCUT2D eigenvalue weighted by molar-refractivity contribution is 5.89. The topological polar surface area (TPSA) is 85.6 Å². The zero-order valence-corrected chi connectivity index (χ0v) is 13.4. The Kier molecular flexibility index (Phi) is 3.55. The SMILES string of the molecule is Cc1nocc1CNC(=O)Nc1ccc2c(c1)OC1(CCCC1)O2. The molecule has 1 aromatic heterocycles. The molecule has 7 nitrogen and oxygen atoms in total. The van der Waals surface area contributed by atoms with Crippen LogP contribution in [0.15, 0.2) is 29.0 Å². The predicted octanol–water partition coefficient (Wildman–Crippen LogP) is 3.35. The summed E-state index contributed by atoms with van der Waals surface area (Å²) in [6.07, 6.45) is 5.57. The van der Waals surface area contributed by atoms with E-state index in [9.17, 15) is 4.79 Å². The lowest BCUT2D eigenvalue weighted by Gasteiger charge is -2.21. The fraction of sp³-hybridized carbons (Fsp3) is 0.412. The third-order valence-electron chi connectivity index (χ3n) is 4.45. The highest BCUT2D eigenvalue weighted by atomic mass is 16.7. The third kappa shape index (κ3) is 2.77. The van der Waals surface area contributed by atoms with Gasteiger partial charge in [-0.1, -0.05) is 5.16 Å². The summed E-state index contributed by atoms with van der Waals surface area (Å²) in [5.41, 5.74) is 2.27. The molecule has 2 aliphatic rings. The molecule has 2 aromatic rings. The maximum Gasteiger partial charge on any atom is 0.319 e. The highest BCUT2D eigenvalue weighted by Crippen LogP contribution is 2.47. The lowest BCUT2D eigenvalue weighted by atomic mass is 10.2. The number of amides is 2. The van der Waals surface area contributed by atoms with Crippen LogP contribution in [0.4, 0.5) is 10.5 Å². The van der Waals surface area contributed by atoms with Crippen LogP contribution in [-0.2, 0) is 6.54 Å². The normalized spacial score (nSPS) is 17.2. The monoisotopic (exact) mass is 329 g/mol. The molecule has 1 aliphatic heterocycles. The summed E-state index contributed by atoms with van der Waals surface area (Å²) in [7, 11) is 0. The van der Waals surface area contributed by atoms with Crippen molar-refractivity contribution in [3.05, 3.63) is 35.7 Å². The molecular formula is C17H19N3O4. The number of nitrogens with zero attached hydrogens (tertiary/aromatic N) is 1. The van der Waals surface area contributed by atoms with Gasteiger partial charge in [-0.05, 0) is 31.9 Å². The van der Waals surface area contributed by atoms with E-state index >= 15 is 0 Å². The first-order valence-corrected chi connectivity index (χ1v) is 8.10. The number of aromatic nitrogens is 1. The molecule has 0 saturated heterocycles. The Hall–Kier alpha value is -2.70. The van der Waals surface area contributed by atoms with E-state index in [0.29, 0.717) is 18.0 Å². The number of nitrogens with one attached hydrogen (secondary N) is 2. The lowest BCUT2D eigenvalue weighted by molar-refractivity contribution is -0.0716. The number of carbonyl (C=O) groups is 1. The molecule has 2 heterocycles. The molecule has 1 aliphatic carbocycles. The first-order chi connectivity index (χ1) is 11.6. The fourth-order valence-electron chi connectivity index (χ4n) is 3.12. The van der Waals surface area contributed by atoms with Crippen LogP contribution in [0.2, 0.25) is 0 Å². The molecule has 1 saturated carbocycles. The van der Waals surface area contributed by atoms with E-state index in [4.69, 9.17) is 14.0 Å². The van der Waals surface area contributed by atoms with Gasteiger partial charge in [-0.2, -0.15) is 0 Å². The van der Waals surface area contributed by atoms with Crippen LogP contribution < -0.4 is 20.1 Å². The minimum Gasteiger partial charge on any atom is -0.448 e. The van der Waals surface area contributed by atoms with E-state index in [1.54, 1.807) is 12.1 Å². The minimum atomic E-state index is -0.491. The number of fused-ring (bicyclic) bond motifs is 1.